The first-order valence-corrected chi connectivity index (χ1v) is 10.1. The predicted molar refractivity (Wildman–Crippen MR) is 107 cm³/mol. The number of nitrogens with zero attached hydrogens (tertiary/aromatic N) is 1. The van der Waals surface area contributed by atoms with E-state index in [-0.39, 0.29) is 17.7 Å². The zero-order chi connectivity index (χ0) is 19.6. The van der Waals surface area contributed by atoms with Crippen LogP contribution < -0.4 is 10.6 Å². The molecule has 150 valence electrons. The van der Waals surface area contributed by atoms with Crippen molar-refractivity contribution >= 4 is 33.8 Å². The molecule has 0 spiro atoms. The van der Waals surface area contributed by atoms with Crippen molar-refractivity contribution < 1.29 is 18.7 Å². The maximum Gasteiger partial charge on any atom is 0.244 e. The number of amides is 2. The van der Waals surface area contributed by atoms with Gasteiger partial charge in [-0.05, 0) is 40.1 Å². The molecule has 1 saturated heterocycles. The van der Waals surface area contributed by atoms with Crippen LogP contribution in [0.4, 0.5) is 0 Å². The fourth-order valence-corrected chi connectivity index (χ4v) is 3.07. The lowest BCUT2D eigenvalue weighted by Gasteiger charge is -2.27. The van der Waals surface area contributed by atoms with Crippen molar-refractivity contribution in [3.63, 3.8) is 0 Å². The summed E-state index contributed by atoms with van der Waals surface area (Å²) in [7, 11) is 0. The molecule has 7 nitrogen and oxygen atoms in total. The van der Waals surface area contributed by atoms with E-state index >= 15 is 0 Å². The quantitative estimate of drug-likeness (QED) is 0.572. The molecule has 0 radical (unpaired) electrons. The lowest BCUT2D eigenvalue weighted by molar-refractivity contribution is -0.128. The van der Waals surface area contributed by atoms with Gasteiger partial charge in [-0.15, -0.1) is 0 Å². The Kier molecular flexibility index (Phi) is 9.03. The number of halogens is 1. The Morgan fingerprint density at radius 2 is 2.07 bits per heavy atom. The predicted octanol–water partition coefficient (Wildman–Crippen LogP) is 2.03. The van der Waals surface area contributed by atoms with Gasteiger partial charge in [-0.25, -0.2) is 0 Å². The van der Waals surface area contributed by atoms with Gasteiger partial charge in [0.05, 0.1) is 13.2 Å². The summed E-state index contributed by atoms with van der Waals surface area (Å²) < 4.78 is 11.2. The number of rotatable bonds is 9. The molecule has 0 unspecified atom stereocenters. The van der Waals surface area contributed by atoms with Gasteiger partial charge in [-0.3, -0.25) is 14.5 Å². The first-order valence-electron chi connectivity index (χ1n) is 9.31. The van der Waals surface area contributed by atoms with Gasteiger partial charge in [-0.1, -0.05) is 20.3 Å². The van der Waals surface area contributed by atoms with E-state index in [1.165, 1.54) is 6.08 Å². The average molecular weight is 442 g/mol. The molecule has 0 aliphatic carbocycles. The minimum absolute atomic E-state index is 0.0310. The summed E-state index contributed by atoms with van der Waals surface area (Å²) >= 11 is 3.22. The number of carbonyl (C=O) groups excluding carboxylic acids is 2. The number of morpholine rings is 1. The lowest BCUT2D eigenvalue weighted by atomic mass is 9.98. The van der Waals surface area contributed by atoms with E-state index < -0.39 is 6.04 Å². The third-order valence-electron chi connectivity index (χ3n) is 4.62. The van der Waals surface area contributed by atoms with Crippen molar-refractivity contribution in [2.45, 2.75) is 26.3 Å². The molecule has 2 heterocycles. The van der Waals surface area contributed by atoms with Crippen LogP contribution in [0.5, 0.6) is 0 Å². The van der Waals surface area contributed by atoms with Crippen molar-refractivity contribution in [2.75, 3.05) is 39.4 Å². The number of ether oxygens (including phenoxy) is 1. The Morgan fingerprint density at radius 3 is 2.70 bits per heavy atom. The summed E-state index contributed by atoms with van der Waals surface area (Å²) in [6.45, 7) is 8.53. The van der Waals surface area contributed by atoms with E-state index in [1.54, 1.807) is 18.2 Å². The lowest BCUT2D eigenvalue weighted by Crippen LogP contribution is -2.51. The molecule has 1 aromatic rings. The Labute approximate surface area is 168 Å². The summed E-state index contributed by atoms with van der Waals surface area (Å²) in [5, 5.41) is 5.75. The summed E-state index contributed by atoms with van der Waals surface area (Å²) in [6.07, 6.45) is 3.74. The normalized spacial score (nSPS) is 17.6. The van der Waals surface area contributed by atoms with E-state index in [4.69, 9.17) is 9.15 Å². The van der Waals surface area contributed by atoms with E-state index in [0.717, 1.165) is 39.3 Å². The highest BCUT2D eigenvalue weighted by Gasteiger charge is 2.25. The van der Waals surface area contributed by atoms with Gasteiger partial charge >= 0.3 is 0 Å². The van der Waals surface area contributed by atoms with Crippen LogP contribution in [0.3, 0.4) is 0 Å². The van der Waals surface area contributed by atoms with Crippen LogP contribution in [-0.4, -0.2) is 62.1 Å². The van der Waals surface area contributed by atoms with Crippen LogP contribution in [0.25, 0.3) is 6.08 Å². The minimum Gasteiger partial charge on any atom is -0.450 e. The molecule has 0 bridgehead atoms. The van der Waals surface area contributed by atoms with Crippen molar-refractivity contribution in [1.29, 1.82) is 0 Å². The second-order valence-corrected chi connectivity index (χ2v) is 7.37. The molecule has 0 saturated carbocycles. The van der Waals surface area contributed by atoms with Crippen LogP contribution in [0.15, 0.2) is 27.3 Å². The van der Waals surface area contributed by atoms with Crippen molar-refractivity contribution in [1.82, 2.24) is 15.5 Å². The van der Waals surface area contributed by atoms with Crippen LogP contribution in [-0.2, 0) is 14.3 Å². The topological polar surface area (TPSA) is 83.8 Å². The maximum atomic E-state index is 12.6. The first kappa shape index (κ1) is 21.7. The summed E-state index contributed by atoms with van der Waals surface area (Å²) in [5.74, 6) is 0.117. The van der Waals surface area contributed by atoms with Gasteiger partial charge in [0.25, 0.3) is 0 Å². The molecule has 2 atom stereocenters. The average Bonchev–Trinajstić information content (AvgIpc) is 3.10. The highest BCUT2D eigenvalue weighted by Crippen LogP contribution is 2.15. The van der Waals surface area contributed by atoms with Crippen molar-refractivity contribution in [3.05, 3.63) is 28.6 Å². The standard InChI is InChI=1S/C19H28BrN3O4/c1-3-14(2)18(19(25)21-8-9-23-10-12-26-13-11-23)22-17(24)7-5-15-4-6-16(20)27-15/h4-7,14,18H,3,8-13H2,1-2H3,(H,21,25)(H,22,24)/b7-5+/t14-,18-/m0/s1. The molecule has 1 fully saturated rings. The molecule has 2 rings (SSSR count). The number of carbonyl (C=O) groups is 2. The first-order chi connectivity index (χ1) is 13.0. The third kappa shape index (κ3) is 7.48. The second-order valence-electron chi connectivity index (χ2n) is 6.59. The molecule has 1 aliphatic heterocycles. The molecule has 8 heteroatoms. The molecule has 2 amide bonds. The summed E-state index contributed by atoms with van der Waals surface area (Å²) in [6, 6.07) is 2.93. The zero-order valence-electron chi connectivity index (χ0n) is 15.9. The monoisotopic (exact) mass is 441 g/mol. The Hall–Kier alpha value is -1.64. The maximum absolute atomic E-state index is 12.6. The van der Waals surface area contributed by atoms with Gasteiger partial charge in [0.2, 0.25) is 11.8 Å². The molecule has 27 heavy (non-hydrogen) atoms. The van der Waals surface area contributed by atoms with Crippen molar-refractivity contribution in [3.8, 4) is 0 Å². The van der Waals surface area contributed by atoms with Gasteiger partial charge in [-0.2, -0.15) is 0 Å². The highest BCUT2D eigenvalue weighted by molar-refractivity contribution is 9.10. The van der Waals surface area contributed by atoms with Crippen LogP contribution >= 0.6 is 15.9 Å². The van der Waals surface area contributed by atoms with E-state index in [0.29, 0.717) is 17.0 Å². The second kappa shape index (κ2) is 11.3. The molecule has 1 aromatic heterocycles. The van der Waals surface area contributed by atoms with Gasteiger partial charge in [0, 0.05) is 32.3 Å². The number of furan rings is 1. The number of nitrogens with one attached hydrogen (secondary N) is 2. The molecule has 0 aromatic carbocycles. The molecule has 1 aliphatic rings. The summed E-state index contributed by atoms with van der Waals surface area (Å²) in [5.41, 5.74) is 0. The minimum atomic E-state index is -0.569. The van der Waals surface area contributed by atoms with Crippen LogP contribution in [0.2, 0.25) is 0 Å². The summed E-state index contributed by atoms with van der Waals surface area (Å²) in [4.78, 5) is 27.1. The highest BCUT2D eigenvalue weighted by atomic mass is 79.9. The van der Waals surface area contributed by atoms with Gasteiger partial charge in [0.15, 0.2) is 4.67 Å². The Bertz CT molecular complexity index is 641. The van der Waals surface area contributed by atoms with Gasteiger partial charge in [0.1, 0.15) is 11.8 Å². The fourth-order valence-electron chi connectivity index (χ4n) is 2.75. The largest absolute Gasteiger partial charge is 0.450 e. The molecule has 2 N–H and O–H groups in total. The SMILES string of the molecule is CC[C@H](C)[C@H](NC(=O)/C=C/c1ccc(Br)o1)C(=O)NCCN1CCOCC1. The van der Waals surface area contributed by atoms with E-state index in [1.807, 2.05) is 13.8 Å². The fraction of sp³-hybridized carbons (Fsp3) is 0.579. The van der Waals surface area contributed by atoms with Crippen molar-refractivity contribution in [2.24, 2.45) is 5.92 Å². The molecular formula is C19H28BrN3O4. The van der Waals surface area contributed by atoms with Crippen LogP contribution in [0, 0.1) is 5.92 Å². The zero-order valence-corrected chi connectivity index (χ0v) is 17.5. The number of hydrogen-bond acceptors (Lipinski definition) is 5. The Balaban J connectivity index is 1.84. The molecular weight excluding hydrogens is 414 g/mol. The van der Waals surface area contributed by atoms with Crippen LogP contribution in [0.1, 0.15) is 26.0 Å². The third-order valence-corrected chi connectivity index (χ3v) is 5.04. The Morgan fingerprint density at radius 1 is 1.33 bits per heavy atom. The smallest absolute Gasteiger partial charge is 0.244 e. The number of hydrogen-bond donors (Lipinski definition) is 2. The van der Waals surface area contributed by atoms with E-state index in [9.17, 15) is 9.59 Å². The van der Waals surface area contributed by atoms with Gasteiger partial charge < -0.3 is 19.8 Å². The van der Waals surface area contributed by atoms with E-state index in [2.05, 4.69) is 31.5 Å².